The van der Waals surface area contributed by atoms with Gasteiger partial charge in [-0.15, -0.1) is 0 Å². The van der Waals surface area contributed by atoms with Gasteiger partial charge in [-0.3, -0.25) is 9.59 Å². The minimum atomic E-state index is -0.809. The molecule has 0 N–H and O–H groups in total. The van der Waals surface area contributed by atoms with E-state index in [0.29, 0.717) is 32.3 Å². The van der Waals surface area contributed by atoms with Crippen LogP contribution in [0.3, 0.4) is 0 Å². The summed E-state index contributed by atoms with van der Waals surface area (Å²) in [4.78, 5) is 26.1. The van der Waals surface area contributed by atoms with Gasteiger partial charge in [0.05, 0.1) is 11.1 Å². The van der Waals surface area contributed by atoms with Gasteiger partial charge < -0.3 is 4.42 Å². The zero-order valence-corrected chi connectivity index (χ0v) is 16.6. The van der Waals surface area contributed by atoms with E-state index in [1.165, 1.54) is 0 Å². The average Bonchev–Trinajstić information content (AvgIpc) is 3.29. The van der Waals surface area contributed by atoms with Gasteiger partial charge in [0.2, 0.25) is 0 Å². The van der Waals surface area contributed by atoms with Crippen LogP contribution in [0.2, 0.25) is 10.0 Å². The van der Waals surface area contributed by atoms with Crippen LogP contribution < -0.4 is 0 Å². The molecule has 1 aliphatic carbocycles. The molecule has 1 aliphatic rings. The fourth-order valence-electron chi connectivity index (χ4n) is 4.33. The van der Waals surface area contributed by atoms with Gasteiger partial charge in [0.25, 0.3) is 0 Å². The maximum absolute atomic E-state index is 13.1. The lowest BCUT2D eigenvalue weighted by atomic mass is 9.85. The Morgan fingerprint density at radius 2 is 1.21 bits per heavy atom. The number of benzene rings is 3. The second-order valence-electron chi connectivity index (χ2n) is 7.26. The molecule has 2 heterocycles. The van der Waals surface area contributed by atoms with Crippen LogP contribution in [0.25, 0.3) is 22.3 Å². The fraction of sp³-hybridized carbons (Fsp3) is 0.130. The Kier molecular flexibility index (Phi) is 3.71. The topological polar surface area (TPSA) is 47.3 Å². The molecule has 138 valence electrons. The summed E-state index contributed by atoms with van der Waals surface area (Å²) in [5.41, 5.74) is 6.20. The van der Waals surface area contributed by atoms with Crippen molar-refractivity contribution >= 4 is 45.9 Å². The number of Topliss-reactive ketones (excluding diaryl/α,β-unsaturated/α-hetero) is 2. The summed E-state index contributed by atoms with van der Waals surface area (Å²) in [6, 6.07) is 12.8. The molecule has 0 amide bonds. The van der Waals surface area contributed by atoms with Crippen molar-refractivity contribution in [2.24, 2.45) is 0 Å². The van der Waals surface area contributed by atoms with Gasteiger partial charge in [0, 0.05) is 10.0 Å². The highest BCUT2D eigenvalue weighted by molar-refractivity contribution is 6.35. The van der Waals surface area contributed by atoms with Gasteiger partial charge in [0.1, 0.15) is 17.1 Å². The summed E-state index contributed by atoms with van der Waals surface area (Å²) in [6.07, 6.45) is 0. The summed E-state index contributed by atoms with van der Waals surface area (Å²) in [7, 11) is 0. The summed E-state index contributed by atoms with van der Waals surface area (Å²) < 4.78 is 5.51. The smallest absolute Gasteiger partial charge is 0.182 e. The summed E-state index contributed by atoms with van der Waals surface area (Å²) in [5, 5.41) is 1.11. The number of carbonyl (C=O) groups excluding carboxylic acids is 2. The number of halogens is 2. The molecule has 2 bridgehead atoms. The molecule has 4 aromatic rings. The van der Waals surface area contributed by atoms with Gasteiger partial charge >= 0.3 is 0 Å². The minimum absolute atomic E-state index is 0.181. The number of ketones is 2. The van der Waals surface area contributed by atoms with E-state index in [1.807, 2.05) is 38.1 Å². The Hall–Kier alpha value is -2.62. The number of hydrogen-bond donors (Lipinski definition) is 0. The van der Waals surface area contributed by atoms with Crippen molar-refractivity contribution in [3.05, 3.63) is 80.3 Å². The third kappa shape index (κ3) is 2.36. The van der Waals surface area contributed by atoms with Gasteiger partial charge in [-0.05, 0) is 72.0 Å². The number of furan rings is 2. The Bertz CT molecular complexity index is 1210. The van der Waals surface area contributed by atoms with Crippen LogP contribution in [-0.2, 0) is 0 Å². The van der Waals surface area contributed by atoms with Crippen molar-refractivity contribution in [3.63, 3.8) is 0 Å². The van der Waals surface area contributed by atoms with Gasteiger partial charge in [-0.25, -0.2) is 0 Å². The van der Waals surface area contributed by atoms with E-state index in [0.717, 1.165) is 27.8 Å². The fourth-order valence-corrected chi connectivity index (χ4v) is 4.86. The van der Waals surface area contributed by atoms with E-state index in [9.17, 15) is 9.59 Å². The molecule has 0 aliphatic heterocycles. The highest BCUT2D eigenvalue weighted by Crippen LogP contribution is 2.44. The maximum atomic E-state index is 13.1. The van der Waals surface area contributed by atoms with E-state index >= 15 is 0 Å². The summed E-state index contributed by atoms with van der Waals surface area (Å²) in [6.45, 7) is 3.84. The van der Waals surface area contributed by atoms with E-state index in [-0.39, 0.29) is 11.6 Å². The lowest BCUT2D eigenvalue weighted by Crippen LogP contribution is -2.16. The number of hydrogen-bond acceptors (Lipinski definition) is 3. The van der Waals surface area contributed by atoms with E-state index in [4.69, 9.17) is 27.6 Å². The molecular formula is C23H14Cl2O3. The molecule has 0 radical (unpaired) electrons. The molecule has 5 rings (SSSR count). The van der Waals surface area contributed by atoms with Crippen LogP contribution in [-0.4, -0.2) is 11.6 Å². The van der Waals surface area contributed by atoms with Gasteiger partial charge in [0.15, 0.2) is 11.6 Å². The van der Waals surface area contributed by atoms with Crippen molar-refractivity contribution in [3.8, 4) is 11.1 Å². The molecule has 0 spiro atoms. The highest BCUT2D eigenvalue weighted by Gasteiger charge is 2.45. The second kappa shape index (κ2) is 5.94. The first-order chi connectivity index (χ1) is 13.3. The maximum Gasteiger partial charge on any atom is 0.182 e. The molecule has 2 aromatic heterocycles. The summed E-state index contributed by atoms with van der Waals surface area (Å²) in [5.74, 6) is -1.17. The normalized spacial score (nSPS) is 14.4. The quantitative estimate of drug-likeness (QED) is 0.350. The van der Waals surface area contributed by atoms with Crippen LogP contribution in [0.15, 0.2) is 46.9 Å². The van der Waals surface area contributed by atoms with Crippen molar-refractivity contribution in [2.45, 2.75) is 19.8 Å². The first kappa shape index (κ1) is 17.5. The number of rotatable bonds is 2. The van der Waals surface area contributed by atoms with E-state index in [1.54, 1.807) is 18.2 Å². The molecule has 28 heavy (non-hydrogen) atoms. The molecule has 3 nitrogen and oxygen atoms in total. The monoisotopic (exact) mass is 408 g/mol. The SMILES string of the molecule is Cc1cc(-c2cc(Cl)cc(Cl)c2)cc(C)c1C1C(=O)c2c(c3ccc2o3)C1=O. The molecular weight excluding hydrogens is 395 g/mol. The van der Waals surface area contributed by atoms with Crippen molar-refractivity contribution in [2.75, 3.05) is 0 Å². The Morgan fingerprint density at radius 3 is 1.71 bits per heavy atom. The lowest BCUT2D eigenvalue weighted by Gasteiger charge is -2.17. The predicted octanol–water partition coefficient (Wildman–Crippen LogP) is 6.62. The largest absolute Gasteiger partial charge is 0.456 e. The van der Waals surface area contributed by atoms with Gasteiger partial charge in [-0.1, -0.05) is 35.3 Å². The van der Waals surface area contributed by atoms with E-state index in [2.05, 4.69) is 0 Å². The summed E-state index contributed by atoms with van der Waals surface area (Å²) >= 11 is 12.3. The van der Waals surface area contributed by atoms with E-state index < -0.39 is 5.92 Å². The first-order valence-corrected chi connectivity index (χ1v) is 9.61. The average molecular weight is 409 g/mol. The number of fused-ring (bicyclic) bond motifs is 5. The van der Waals surface area contributed by atoms with Crippen LogP contribution in [0, 0.1) is 13.8 Å². The Morgan fingerprint density at radius 1 is 0.750 bits per heavy atom. The third-order valence-electron chi connectivity index (χ3n) is 5.44. The Balaban J connectivity index is 1.63. The lowest BCUT2D eigenvalue weighted by molar-refractivity contribution is 0.0889. The van der Waals surface area contributed by atoms with Crippen molar-refractivity contribution in [1.29, 1.82) is 0 Å². The standard InChI is InChI=1S/C23H14Cl2O3/c1-10-5-12(13-7-14(24)9-15(25)8-13)6-11(2)18(10)21-22(26)19-16-3-4-17(28-16)20(19)23(21)27/h3-9,21H,1-2H3. The number of aryl methyl sites for hydroxylation is 2. The third-order valence-corrected chi connectivity index (χ3v) is 5.88. The Labute approximate surface area is 171 Å². The first-order valence-electron chi connectivity index (χ1n) is 8.86. The minimum Gasteiger partial charge on any atom is -0.456 e. The molecule has 0 unspecified atom stereocenters. The zero-order chi connectivity index (χ0) is 19.7. The van der Waals surface area contributed by atoms with Crippen LogP contribution >= 0.6 is 23.2 Å². The molecule has 0 saturated carbocycles. The zero-order valence-electron chi connectivity index (χ0n) is 15.1. The van der Waals surface area contributed by atoms with Crippen LogP contribution in [0.5, 0.6) is 0 Å². The molecule has 2 aromatic carbocycles. The highest BCUT2D eigenvalue weighted by atomic mass is 35.5. The van der Waals surface area contributed by atoms with Crippen LogP contribution in [0.1, 0.15) is 43.3 Å². The predicted molar refractivity (Wildman–Crippen MR) is 110 cm³/mol. The number of carbonyl (C=O) groups is 2. The van der Waals surface area contributed by atoms with Crippen molar-refractivity contribution < 1.29 is 14.0 Å². The molecule has 5 heteroatoms. The van der Waals surface area contributed by atoms with Crippen molar-refractivity contribution in [1.82, 2.24) is 0 Å². The second-order valence-corrected chi connectivity index (χ2v) is 8.13. The molecule has 0 saturated heterocycles. The van der Waals surface area contributed by atoms with Gasteiger partial charge in [-0.2, -0.15) is 0 Å². The molecule has 0 fully saturated rings. The molecule has 0 atom stereocenters. The van der Waals surface area contributed by atoms with Crippen LogP contribution in [0.4, 0.5) is 0 Å².